The molecule has 0 fully saturated rings. The van der Waals surface area contributed by atoms with Gasteiger partial charge in [0.2, 0.25) is 12.7 Å². The fraction of sp³-hybridized carbons (Fsp3) is 0.227. The van der Waals surface area contributed by atoms with Crippen molar-refractivity contribution in [1.29, 1.82) is 0 Å². The number of carbonyl (C=O) groups excluding carboxylic acids is 1. The van der Waals surface area contributed by atoms with Crippen molar-refractivity contribution in [2.24, 2.45) is 0 Å². The van der Waals surface area contributed by atoms with Crippen LogP contribution in [0, 0.1) is 6.92 Å². The molecule has 3 aromatic rings. The second kappa shape index (κ2) is 5.32. The first-order chi connectivity index (χ1) is 13.7. The van der Waals surface area contributed by atoms with E-state index in [1.54, 1.807) is 4.90 Å². The van der Waals surface area contributed by atoms with E-state index in [-0.39, 0.29) is 19.3 Å². The highest BCUT2D eigenvalue weighted by Crippen LogP contribution is 2.55. The number of hydrogen-bond acceptors (Lipinski definition) is 5. The van der Waals surface area contributed by atoms with Gasteiger partial charge >= 0.3 is 0 Å². The largest absolute Gasteiger partial charge is 0.491 e. The minimum absolute atomic E-state index is 0.0135. The van der Waals surface area contributed by atoms with Crippen molar-refractivity contribution in [2.75, 3.05) is 18.3 Å². The maximum atomic E-state index is 13.8. The minimum Gasteiger partial charge on any atom is -0.491 e. The number of amides is 1. The van der Waals surface area contributed by atoms with Gasteiger partial charge in [0, 0.05) is 17.3 Å². The molecule has 0 N–H and O–H groups in total. The molecule has 1 aromatic heterocycles. The third kappa shape index (κ3) is 1.89. The number of rotatable bonds is 2. The molecule has 0 radical (unpaired) electrons. The Balaban J connectivity index is 1.51. The summed E-state index contributed by atoms with van der Waals surface area (Å²) in [6.07, 6.45) is 0. The highest BCUT2D eigenvalue weighted by molar-refractivity contribution is 6.11. The van der Waals surface area contributed by atoms with Crippen LogP contribution in [0.3, 0.4) is 0 Å². The smallest absolute Gasteiger partial charge is 0.246 e. The molecule has 4 heterocycles. The van der Waals surface area contributed by atoms with Gasteiger partial charge in [0.15, 0.2) is 11.5 Å². The second-order valence-electron chi connectivity index (χ2n) is 7.32. The molecule has 0 saturated carbocycles. The van der Waals surface area contributed by atoms with Gasteiger partial charge in [-0.25, -0.2) is 0 Å². The molecule has 1 spiro atoms. The number of hydrogen-bond donors (Lipinski definition) is 0. The van der Waals surface area contributed by atoms with Crippen molar-refractivity contribution in [2.45, 2.75) is 18.9 Å². The van der Waals surface area contributed by atoms with Crippen LogP contribution in [-0.2, 0) is 16.8 Å². The summed E-state index contributed by atoms with van der Waals surface area (Å²) < 4.78 is 22.7. The molecular formula is C22H17NO5. The summed E-state index contributed by atoms with van der Waals surface area (Å²) in [5.41, 5.74) is 1.78. The van der Waals surface area contributed by atoms with E-state index in [9.17, 15) is 4.79 Å². The van der Waals surface area contributed by atoms with Crippen LogP contribution >= 0.6 is 0 Å². The van der Waals surface area contributed by atoms with Crippen molar-refractivity contribution in [1.82, 2.24) is 0 Å². The van der Waals surface area contributed by atoms with Crippen LogP contribution in [0.1, 0.15) is 22.6 Å². The number of nitrogens with zero attached hydrogens (tertiary/aromatic N) is 1. The third-order valence-corrected chi connectivity index (χ3v) is 5.75. The van der Waals surface area contributed by atoms with Crippen LogP contribution in [0.2, 0.25) is 0 Å². The van der Waals surface area contributed by atoms with Crippen molar-refractivity contribution < 1.29 is 23.4 Å². The summed E-state index contributed by atoms with van der Waals surface area (Å²) in [5.74, 6) is 3.53. The van der Waals surface area contributed by atoms with Gasteiger partial charge in [-0.05, 0) is 36.8 Å². The van der Waals surface area contributed by atoms with E-state index in [1.165, 1.54) is 0 Å². The SMILES string of the molecule is Cc1ccc(CN2C(=O)[C@]3(COc4cc5c(cc43)OCO5)c3ccccc32)o1. The average Bonchev–Trinajstić information content (AvgIpc) is 3.45. The molecule has 6 nitrogen and oxygen atoms in total. The number of para-hydroxylation sites is 1. The fourth-order valence-electron chi connectivity index (χ4n) is 4.45. The van der Waals surface area contributed by atoms with E-state index >= 15 is 0 Å². The van der Waals surface area contributed by atoms with Crippen LogP contribution in [0.5, 0.6) is 17.2 Å². The zero-order valence-electron chi connectivity index (χ0n) is 15.2. The Bertz CT molecular complexity index is 1130. The monoisotopic (exact) mass is 375 g/mol. The first-order valence-electron chi connectivity index (χ1n) is 9.20. The van der Waals surface area contributed by atoms with E-state index in [4.69, 9.17) is 18.6 Å². The lowest BCUT2D eigenvalue weighted by Crippen LogP contribution is -2.42. The summed E-state index contributed by atoms with van der Waals surface area (Å²) in [4.78, 5) is 15.6. The van der Waals surface area contributed by atoms with Crippen LogP contribution in [-0.4, -0.2) is 19.3 Å². The summed E-state index contributed by atoms with van der Waals surface area (Å²) in [7, 11) is 0. The summed E-state index contributed by atoms with van der Waals surface area (Å²) in [6.45, 7) is 2.72. The van der Waals surface area contributed by atoms with Gasteiger partial charge in [0.05, 0.1) is 6.54 Å². The Morgan fingerprint density at radius 1 is 0.964 bits per heavy atom. The van der Waals surface area contributed by atoms with Crippen molar-refractivity contribution in [3.63, 3.8) is 0 Å². The summed E-state index contributed by atoms with van der Waals surface area (Å²) in [6, 6.07) is 15.4. The van der Waals surface area contributed by atoms with Gasteiger partial charge in [-0.2, -0.15) is 0 Å². The normalized spacial score (nSPS) is 21.2. The highest BCUT2D eigenvalue weighted by atomic mass is 16.7. The van der Waals surface area contributed by atoms with Gasteiger partial charge in [0.25, 0.3) is 0 Å². The predicted octanol–water partition coefficient (Wildman–Crippen LogP) is 3.54. The van der Waals surface area contributed by atoms with Crippen LogP contribution in [0.15, 0.2) is 52.9 Å². The maximum absolute atomic E-state index is 13.8. The molecule has 3 aliphatic rings. The molecule has 6 heteroatoms. The minimum atomic E-state index is -0.880. The van der Waals surface area contributed by atoms with E-state index in [0.717, 1.165) is 28.3 Å². The lowest BCUT2D eigenvalue weighted by atomic mass is 9.77. The van der Waals surface area contributed by atoms with E-state index in [2.05, 4.69) is 0 Å². The van der Waals surface area contributed by atoms with E-state index in [0.29, 0.717) is 23.8 Å². The topological polar surface area (TPSA) is 61.1 Å². The summed E-state index contributed by atoms with van der Waals surface area (Å²) in [5, 5.41) is 0. The first-order valence-corrected chi connectivity index (χ1v) is 9.20. The Morgan fingerprint density at radius 3 is 2.61 bits per heavy atom. The van der Waals surface area contributed by atoms with Gasteiger partial charge in [-0.1, -0.05) is 18.2 Å². The zero-order valence-corrected chi connectivity index (χ0v) is 15.2. The molecule has 0 bridgehead atoms. The van der Waals surface area contributed by atoms with E-state index in [1.807, 2.05) is 55.5 Å². The van der Waals surface area contributed by atoms with Crippen LogP contribution in [0.25, 0.3) is 0 Å². The highest BCUT2D eigenvalue weighted by Gasteiger charge is 2.57. The Kier molecular flexibility index (Phi) is 2.97. The molecule has 28 heavy (non-hydrogen) atoms. The van der Waals surface area contributed by atoms with Gasteiger partial charge < -0.3 is 23.5 Å². The van der Waals surface area contributed by atoms with Crippen molar-refractivity contribution >= 4 is 11.6 Å². The second-order valence-corrected chi connectivity index (χ2v) is 7.32. The molecular weight excluding hydrogens is 358 g/mol. The molecule has 2 aromatic carbocycles. The van der Waals surface area contributed by atoms with Gasteiger partial charge in [0.1, 0.15) is 29.3 Å². The molecule has 0 saturated heterocycles. The number of aryl methyl sites for hydroxylation is 1. The van der Waals surface area contributed by atoms with E-state index < -0.39 is 5.41 Å². The first kappa shape index (κ1) is 15.6. The quantitative estimate of drug-likeness (QED) is 0.686. The van der Waals surface area contributed by atoms with Crippen molar-refractivity contribution in [3.8, 4) is 17.2 Å². The molecule has 0 aliphatic carbocycles. The number of fused-ring (bicyclic) bond motifs is 5. The standard InChI is InChI=1S/C22H17NO5/c1-13-6-7-14(28-13)10-23-17-5-3-2-4-15(17)22(21(23)24)11-25-18-9-20-19(8-16(18)22)26-12-27-20/h2-9H,10-12H2,1H3/t22-/m1/s1. The predicted molar refractivity (Wildman–Crippen MR) is 99.9 cm³/mol. The summed E-state index contributed by atoms with van der Waals surface area (Å²) >= 11 is 0. The Morgan fingerprint density at radius 2 is 1.79 bits per heavy atom. The molecule has 1 amide bonds. The third-order valence-electron chi connectivity index (χ3n) is 5.75. The molecule has 6 rings (SSSR count). The number of ether oxygens (including phenoxy) is 3. The number of carbonyl (C=O) groups is 1. The molecule has 0 unspecified atom stereocenters. The van der Waals surface area contributed by atoms with Crippen LogP contribution in [0.4, 0.5) is 5.69 Å². The number of furan rings is 1. The van der Waals surface area contributed by atoms with Gasteiger partial charge in [-0.15, -0.1) is 0 Å². The molecule has 1 atom stereocenters. The maximum Gasteiger partial charge on any atom is 0.246 e. The van der Waals surface area contributed by atoms with Crippen LogP contribution < -0.4 is 19.1 Å². The van der Waals surface area contributed by atoms with Crippen molar-refractivity contribution in [3.05, 3.63) is 71.2 Å². The number of anilines is 1. The zero-order chi connectivity index (χ0) is 18.9. The molecule has 140 valence electrons. The number of benzene rings is 2. The molecule has 3 aliphatic heterocycles. The Labute approximate surface area is 161 Å². The Hall–Kier alpha value is -3.41. The lowest BCUT2D eigenvalue weighted by Gasteiger charge is -2.22. The average molecular weight is 375 g/mol. The lowest BCUT2D eigenvalue weighted by molar-refractivity contribution is -0.122. The fourth-order valence-corrected chi connectivity index (χ4v) is 4.45. The van der Waals surface area contributed by atoms with Gasteiger partial charge in [-0.3, -0.25) is 4.79 Å².